The van der Waals surface area contributed by atoms with Gasteiger partial charge in [-0.1, -0.05) is 88.6 Å². The highest BCUT2D eigenvalue weighted by molar-refractivity contribution is 9.08. The number of hydrogen-bond acceptors (Lipinski definition) is 2. The molecule has 3 atom stereocenters. The monoisotopic (exact) mass is 508 g/mol. The number of aromatic hydroxyl groups is 1. The summed E-state index contributed by atoms with van der Waals surface area (Å²) >= 11 is 3.56. The lowest BCUT2D eigenvalue weighted by atomic mass is 9.83. The van der Waals surface area contributed by atoms with E-state index in [1.165, 1.54) is 56.9 Å². The molecular formula is C29H49BrO2. The van der Waals surface area contributed by atoms with Crippen LogP contribution in [0.2, 0.25) is 0 Å². The summed E-state index contributed by atoms with van der Waals surface area (Å²) in [6.45, 7) is 15.9. The van der Waals surface area contributed by atoms with Gasteiger partial charge in [-0.15, -0.1) is 0 Å². The normalized spacial score (nSPS) is 20.2. The van der Waals surface area contributed by atoms with Gasteiger partial charge in [-0.2, -0.15) is 0 Å². The molecule has 2 rings (SSSR count). The minimum atomic E-state index is -0.0879. The zero-order chi connectivity index (χ0) is 23.9. The minimum Gasteiger partial charge on any atom is -0.507 e. The van der Waals surface area contributed by atoms with Crippen molar-refractivity contribution in [1.29, 1.82) is 0 Å². The molecule has 1 aromatic rings. The highest BCUT2D eigenvalue weighted by Crippen LogP contribution is 2.45. The second kappa shape index (κ2) is 12.7. The number of rotatable bonds is 13. The molecule has 1 heterocycles. The number of halogens is 1. The predicted octanol–water partition coefficient (Wildman–Crippen LogP) is 9.43. The van der Waals surface area contributed by atoms with E-state index in [9.17, 15) is 5.11 Å². The first-order chi connectivity index (χ1) is 15.1. The van der Waals surface area contributed by atoms with E-state index >= 15 is 0 Å². The Morgan fingerprint density at radius 2 is 1.47 bits per heavy atom. The van der Waals surface area contributed by atoms with Crippen molar-refractivity contribution in [3.63, 3.8) is 0 Å². The van der Waals surface area contributed by atoms with Gasteiger partial charge >= 0.3 is 0 Å². The van der Waals surface area contributed by atoms with Crippen LogP contribution >= 0.6 is 15.9 Å². The van der Waals surface area contributed by atoms with Crippen LogP contribution in [-0.2, 0) is 11.8 Å². The predicted molar refractivity (Wildman–Crippen MR) is 142 cm³/mol. The smallest absolute Gasteiger partial charge is 0.127 e. The summed E-state index contributed by atoms with van der Waals surface area (Å²) in [5.41, 5.74) is 4.18. The molecule has 0 spiro atoms. The molecule has 0 fully saturated rings. The fourth-order valence-corrected chi connectivity index (χ4v) is 5.90. The molecule has 0 bridgehead atoms. The van der Waals surface area contributed by atoms with E-state index in [-0.39, 0.29) is 5.60 Å². The van der Waals surface area contributed by atoms with Crippen LogP contribution in [0.25, 0.3) is 0 Å². The zero-order valence-corrected chi connectivity index (χ0v) is 23.5. The summed E-state index contributed by atoms with van der Waals surface area (Å²) in [6, 6.07) is 0. The third kappa shape index (κ3) is 7.67. The number of benzene rings is 1. The third-order valence-corrected chi connectivity index (χ3v) is 8.40. The number of alkyl halides is 1. The quantitative estimate of drug-likeness (QED) is 0.268. The standard InChI is InChI=1S/C29H49BrO2/c1-20(2)11-8-12-21(3)13-9-14-22(4)15-10-17-29(7)18-16-25-26(19-30)27(31)23(5)24(6)28(25)32-29/h20-22,31H,8-19H2,1-7H3. The van der Waals surface area contributed by atoms with Crippen LogP contribution in [0.15, 0.2) is 0 Å². The summed E-state index contributed by atoms with van der Waals surface area (Å²) in [5.74, 6) is 4.00. The molecule has 0 aliphatic carbocycles. The number of fused-ring (bicyclic) bond motifs is 1. The van der Waals surface area contributed by atoms with E-state index in [0.29, 0.717) is 11.1 Å². The SMILES string of the molecule is Cc1c(C)c2c(c(CBr)c1O)CCC(C)(CCCC(C)CCCC(C)CCCC(C)C)O2. The molecule has 2 nitrogen and oxygen atoms in total. The maximum Gasteiger partial charge on any atom is 0.127 e. The van der Waals surface area contributed by atoms with Gasteiger partial charge in [-0.05, 0) is 75.3 Å². The molecule has 0 saturated heterocycles. The van der Waals surface area contributed by atoms with Gasteiger partial charge in [-0.25, -0.2) is 0 Å². The molecular weight excluding hydrogens is 460 g/mol. The van der Waals surface area contributed by atoms with E-state index < -0.39 is 0 Å². The van der Waals surface area contributed by atoms with Gasteiger partial charge in [0.25, 0.3) is 0 Å². The van der Waals surface area contributed by atoms with E-state index in [4.69, 9.17) is 4.74 Å². The fraction of sp³-hybridized carbons (Fsp3) is 0.793. The molecule has 3 heteroatoms. The zero-order valence-electron chi connectivity index (χ0n) is 22.0. The van der Waals surface area contributed by atoms with E-state index in [1.807, 2.05) is 6.92 Å². The van der Waals surface area contributed by atoms with Gasteiger partial charge in [-0.3, -0.25) is 0 Å². The highest BCUT2D eigenvalue weighted by Gasteiger charge is 2.34. The van der Waals surface area contributed by atoms with Gasteiger partial charge in [0.05, 0.1) is 0 Å². The maximum atomic E-state index is 10.6. The number of ether oxygens (including phenoxy) is 1. The third-order valence-electron chi connectivity index (χ3n) is 7.84. The lowest BCUT2D eigenvalue weighted by Gasteiger charge is -2.38. The highest BCUT2D eigenvalue weighted by atomic mass is 79.9. The number of phenols is 1. The largest absolute Gasteiger partial charge is 0.507 e. The maximum absolute atomic E-state index is 10.6. The molecule has 184 valence electrons. The van der Waals surface area contributed by atoms with Gasteiger partial charge in [0, 0.05) is 16.5 Å². The fourth-order valence-electron chi connectivity index (χ4n) is 5.29. The van der Waals surface area contributed by atoms with Gasteiger partial charge < -0.3 is 9.84 Å². The van der Waals surface area contributed by atoms with Crippen molar-refractivity contribution in [1.82, 2.24) is 0 Å². The van der Waals surface area contributed by atoms with Crippen molar-refractivity contribution in [3.05, 3.63) is 22.3 Å². The van der Waals surface area contributed by atoms with Crippen LogP contribution in [0.1, 0.15) is 121 Å². The van der Waals surface area contributed by atoms with Crippen molar-refractivity contribution in [2.24, 2.45) is 17.8 Å². The molecule has 1 aromatic carbocycles. The van der Waals surface area contributed by atoms with E-state index in [1.54, 1.807) is 0 Å². The minimum absolute atomic E-state index is 0.0879. The summed E-state index contributed by atoms with van der Waals surface area (Å²) in [4.78, 5) is 0. The summed E-state index contributed by atoms with van der Waals surface area (Å²) in [6.07, 6.45) is 14.0. The first kappa shape index (κ1) is 27.5. The number of phenolic OH excluding ortho intramolecular Hbond substituents is 1. The Morgan fingerprint density at radius 1 is 0.906 bits per heavy atom. The van der Waals surface area contributed by atoms with Crippen LogP contribution in [0.4, 0.5) is 0 Å². The Kier molecular flexibility index (Phi) is 10.9. The van der Waals surface area contributed by atoms with Gasteiger partial charge in [0.2, 0.25) is 0 Å². The number of hydrogen-bond donors (Lipinski definition) is 1. The molecule has 0 amide bonds. The second-order valence-electron chi connectivity index (χ2n) is 11.4. The molecule has 1 N–H and O–H groups in total. The van der Waals surface area contributed by atoms with E-state index in [0.717, 1.165) is 59.5 Å². The van der Waals surface area contributed by atoms with Crippen LogP contribution in [-0.4, -0.2) is 10.7 Å². The molecule has 1 aliphatic rings. The topological polar surface area (TPSA) is 29.5 Å². The van der Waals surface area contributed by atoms with Gasteiger partial charge in [0.15, 0.2) is 0 Å². The van der Waals surface area contributed by atoms with Crippen LogP contribution in [0.5, 0.6) is 11.5 Å². The summed E-state index contributed by atoms with van der Waals surface area (Å²) < 4.78 is 6.65. The molecule has 0 radical (unpaired) electrons. The summed E-state index contributed by atoms with van der Waals surface area (Å²) in [5, 5.41) is 11.2. The lowest BCUT2D eigenvalue weighted by molar-refractivity contribution is 0.0511. The molecule has 3 unspecified atom stereocenters. The summed E-state index contributed by atoms with van der Waals surface area (Å²) in [7, 11) is 0. The Morgan fingerprint density at radius 3 is 2.03 bits per heavy atom. The average Bonchev–Trinajstić information content (AvgIpc) is 2.73. The van der Waals surface area contributed by atoms with Crippen molar-refractivity contribution in [3.8, 4) is 11.5 Å². The molecule has 32 heavy (non-hydrogen) atoms. The van der Waals surface area contributed by atoms with Crippen molar-refractivity contribution >= 4 is 15.9 Å². The Labute approximate surface area is 207 Å². The average molecular weight is 510 g/mol. The Bertz CT molecular complexity index is 727. The lowest BCUT2D eigenvalue weighted by Crippen LogP contribution is -2.37. The van der Waals surface area contributed by atoms with Crippen LogP contribution in [0, 0.1) is 31.6 Å². The Balaban J connectivity index is 1.77. The second-order valence-corrected chi connectivity index (χ2v) is 12.0. The van der Waals surface area contributed by atoms with Crippen LogP contribution in [0.3, 0.4) is 0 Å². The molecule has 0 saturated carbocycles. The van der Waals surface area contributed by atoms with E-state index in [2.05, 4.69) is 57.5 Å². The molecule has 1 aliphatic heterocycles. The van der Waals surface area contributed by atoms with Crippen LogP contribution < -0.4 is 4.74 Å². The first-order valence-corrected chi connectivity index (χ1v) is 14.3. The van der Waals surface area contributed by atoms with Gasteiger partial charge in [0.1, 0.15) is 17.1 Å². The van der Waals surface area contributed by atoms with Crippen molar-refractivity contribution in [2.75, 3.05) is 0 Å². The van der Waals surface area contributed by atoms with Crippen molar-refractivity contribution in [2.45, 2.75) is 130 Å². The Hall–Kier alpha value is -0.700. The van der Waals surface area contributed by atoms with Crippen molar-refractivity contribution < 1.29 is 9.84 Å². The molecule has 0 aromatic heterocycles. The first-order valence-electron chi connectivity index (χ1n) is 13.2.